The van der Waals surface area contributed by atoms with Crippen LogP contribution in [0.1, 0.15) is 24.2 Å². The average molecular weight is 363 g/mol. The molecule has 0 radical (unpaired) electrons. The number of nitrogens with zero attached hydrogens (tertiary/aromatic N) is 4. The van der Waals surface area contributed by atoms with E-state index in [-0.39, 0.29) is 17.9 Å². The quantitative estimate of drug-likeness (QED) is 0.878. The summed E-state index contributed by atoms with van der Waals surface area (Å²) in [5, 5.41) is 6.80. The lowest BCUT2D eigenvalue weighted by Crippen LogP contribution is -2.49. The zero-order chi connectivity index (χ0) is 17.6. The Morgan fingerprint density at radius 3 is 2.48 bits per heavy atom. The number of fused-ring (bicyclic) bond motifs is 2. The number of aromatic amines is 1. The zero-order valence-electron chi connectivity index (χ0n) is 14.2. The lowest BCUT2D eigenvalue weighted by atomic mass is 9.96. The summed E-state index contributed by atoms with van der Waals surface area (Å²) < 4.78 is 33.8. The average Bonchev–Trinajstić information content (AvgIpc) is 3.03. The molecule has 9 heteroatoms. The lowest BCUT2D eigenvalue weighted by molar-refractivity contribution is 0.0605. The van der Waals surface area contributed by atoms with Gasteiger partial charge in [-0.1, -0.05) is 0 Å². The molecule has 2 bridgehead atoms. The number of piperidine rings is 1. The van der Waals surface area contributed by atoms with Crippen molar-refractivity contribution < 1.29 is 13.2 Å². The molecule has 1 aliphatic carbocycles. The van der Waals surface area contributed by atoms with Gasteiger partial charge in [0.2, 0.25) is 15.9 Å². The van der Waals surface area contributed by atoms with Gasteiger partial charge >= 0.3 is 0 Å². The molecular formula is C16H21N5O3S. The van der Waals surface area contributed by atoms with Gasteiger partial charge in [0.1, 0.15) is 11.0 Å². The normalized spacial score (nSPS) is 26.7. The maximum atomic E-state index is 13.1. The van der Waals surface area contributed by atoms with Gasteiger partial charge in [-0.2, -0.15) is 9.40 Å². The van der Waals surface area contributed by atoms with E-state index in [0.717, 1.165) is 12.8 Å². The molecule has 0 aromatic carbocycles. The number of hydrogen-bond donors (Lipinski definition) is 1. The molecule has 25 heavy (non-hydrogen) atoms. The Labute approximate surface area is 146 Å². The highest BCUT2D eigenvalue weighted by Gasteiger charge is 2.47. The number of rotatable bonds is 4. The first-order valence-corrected chi connectivity index (χ1v) is 9.85. The third-order valence-corrected chi connectivity index (χ3v) is 7.26. The molecule has 0 amide bonds. The van der Waals surface area contributed by atoms with Gasteiger partial charge in [0.25, 0.3) is 0 Å². The topological polar surface area (TPSA) is 101 Å². The molecule has 2 fully saturated rings. The largest absolute Gasteiger partial charge is 0.473 e. The highest BCUT2D eigenvalue weighted by Crippen LogP contribution is 2.41. The van der Waals surface area contributed by atoms with Gasteiger partial charge in [-0.15, -0.1) is 0 Å². The summed E-state index contributed by atoms with van der Waals surface area (Å²) in [6, 6.07) is 0. The van der Waals surface area contributed by atoms with Gasteiger partial charge in [0, 0.05) is 37.3 Å². The fourth-order valence-electron chi connectivity index (χ4n) is 4.05. The molecule has 2 aromatic heterocycles. The molecule has 3 heterocycles. The van der Waals surface area contributed by atoms with Crippen LogP contribution in [0.25, 0.3) is 0 Å². The number of aryl methyl sites for hydroxylation is 2. The molecule has 1 aliphatic heterocycles. The van der Waals surface area contributed by atoms with E-state index in [0.29, 0.717) is 35.3 Å². The van der Waals surface area contributed by atoms with Crippen LogP contribution in [0.15, 0.2) is 23.5 Å². The van der Waals surface area contributed by atoms with E-state index in [1.54, 1.807) is 36.7 Å². The predicted molar refractivity (Wildman–Crippen MR) is 89.5 cm³/mol. The molecule has 2 aliphatic rings. The first kappa shape index (κ1) is 16.5. The fraction of sp³-hybridized carbons (Fsp3) is 0.562. The minimum Gasteiger partial charge on any atom is -0.473 e. The number of aromatic nitrogens is 4. The third-order valence-electron chi connectivity index (χ3n) is 5.17. The van der Waals surface area contributed by atoms with Gasteiger partial charge in [-0.25, -0.2) is 13.4 Å². The Kier molecular flexibility index (Phi) is 3.99. The molecule has 1 saturated carbocycles. The van der Waals surface area contributed by atoms with E-state index < -0.39 is 10.0 Å². The summed E-state index contributed by atoms with van der Waals surface area (Å²) in [4.78, 5) is 8.50. The van der Waals surface area contributed by atoms with E-state index in [9.17, 15) is 8.42 Å². The van der Waals surface area contributed by atoms with Crippen LogP contribution in [0.2, 0.25) is 0 Å². The molecular weight excluding hydrogens is 342 g/mol. The van der Waals surface area contributed by atoms with Crippen LogP contribution < -0.4 is 4.74 Å². The number of H-pyrrole nitrogens is 1. The van der Waals surface area contributed by atoms with Crippen molar-refractivity contribution in [3.63, 3.8) is 0 Å². The van der Waals surface area contributed by atoms with Gasteiger partial charge in [-0.3, -0.25) is 10.1 Å². The summed E-state index contributed by atoms with van der Waals surface area (Å²) in [7, 11) is -3.55. The molecule has 8 nitrogen and oxygen atoms in total. The molecule has 1 N–H and O–H groups in total. The fourth-order valence-corrected chi connectivity index (χ4v) is 5.94. The molecule has 2 aromatic rings. The second-order valence-electron chi connectivity index (χ2n) is 6.81. The van der Waals surface area contributed by atoms with Crippen molar-refractivity contribution in [1.82, 2.24) is 24.5 Å². The summed E-state index contributed by atoms with van der Waals surface area (Å²) in [6.45, 7) is 4.39. The predicted octanol–water partition coefficient (Wildman–Crippen LogP) is 1.29. The van der Waals surface area contributed by atoms with Crippen LogP contribution in [0, 0.1) is 25.7 Å². The molecule has 2 atom stereocenters. The van der Waals surface area contributed by atoms with Crippen LogP contribution in [0.4, 0.5) is 0 Å². The summed E-state index contributed by atoms with van der Waals surface area (Å²) >= 11 is 0. The number of hydrogen-bond acceptors (Lipinski definition) is 6. The van der Waals surface area contributed by atoms with Crippen molar-refractivity contribution in [2.24, 2.45) is 11.8 Å². The van der Waals surface area contributed by atoms with Gasteiger partial charge in [-0.05, 0) is 26.7 Å². The van der Waals surface area contributed by atoms with Crippen LogP contribution in [-0.2, 0) is 10.0 Å². The first-order chi connectivity index (χ1) is 12.0. The van der Waals surface area contributed by atoms with Gasteiger partial charge < -0.3 is 4.74 Å². The highest BCUT2D eigenvalue weighted by molar-refractivity contribution is 7.89. The van der Waals surface area contributed by atoms with Crippen molar-refractivity contribution >= 4 is 10.0 Å². The van der Waals surface area contributed by atoms with Crippen LogP contribution in [-0.4, -0.2) is 52.1 Å². The molecule has 1 saturated heterocycles. The minimum atomic E-state index is -3.55. The summed E-state index contributed by atoms with van der Waals surface area (Å²) in [5.74, 6) is 0.841. The molecule has 2 unspecified atom stereocenters. The SMILES string of the molecule is Cc1n[nH]c(C)c1S(=O)(=O)N1CC2CCC(C1)C2Oc1cnccn1. The third kappa shape index (κ3) is 2.81. The Morgan fingerprint density at radius 2 is 1.92 bits per heavy atom. The van der Waals surface area contributed by atoms with Crippen LogP contribution in [0.3, 0.4) is 0 Å². The number of sulfonamides is 1. The van der Waals surface area contributed by atoms with Gasteiger partial charge in [0.05, 0.1) is 17.6 Å². The second-order valence-corrected chi connectivity index (χ2v) is 8.68. The minimum absolute atomic E-state index is 0.00491. The standard InChI is InChI=1S/C16H21N5O3S/c1-10-16(11(2)20-19-10)25(22,23)21-8-12-3-4-13(9-21)15(12)24-14-7-17-5-6-18-14/h5-7,12-13,15H,3-4,8-9H2,1-2H3,(H,19,20). The van der Waals surface area contributed by atoms with Crippen molar-refractivity contribution in [1.29, 1.82) is 0 Å². The van der Waals surface area contributed by atoms with E-state index >= 15 is 0 Å². The Hall–Kier alpha value is -2.00. The van der Waals surface area contributed by atoms with E-state index in [1.807, 2.05) is 0 Å². The zero-order valence-corrected chi connectivity index (χ0v) is 15.0. The smallest absolute Gasteiger partial charge is 0.246 e. The van der Waals surface area contributed by atoms with Crippen molar-refractivity contribution in [3.8, 4) is 5.88 Å². The Bertz CT molecular complexity index is 834. The van der Waals surface area contributed by atoms with Gasteiger partial charge in [0.15, 0.2) is 0 Å². The van der Waals surface area contributed by atoms with Crippen LogP contribution >= 0.6 is 0 Å². The van der Waals surface area contributed by atoms with Crippen molar-refractivity contribution in [2.75, 3.05) is 13.1 Å². The Balaban J connectivity index is 1.55. The Morgan fingerprint density at radius 1 is 1.20 bits per heavy atom. The van der Waals surface area contributed by atoms with Crippen molar-refractivity contribution in [2.45, 2.75) is 37.7 Å². The van der Waals surface area contributed by atoms with E-state index in [4.69, 9.17) is 4.74 Å². The van der Waals surface area contributed by atoms with Crippen molar-refractivity contribution in [3.05, 3.63) is 30.0 Å². The molecule has 0 spiro atoms. The monoisotopic (exact) mass is 363 g/mol. The summed E-state index contributed by atoms with van der Waals surface area (Å²) in [5.41, 5.74) is 1.10. The maximum absolute atomic E-state index is 13.1. The summed E-state index contributed by atoms with van der Waals surface area (Å²) in [6.07, 6.45) is 6.72. The number of ether oxygens (including phenoxy) is 1. The lowest BCUT2D eigenvalue weighted by Gasteiger charge is -2.36. The van der Waals surface area contributed by atoms with E-state index in [2.05, 4.69) is 20.2 Å². The highest BCUT2D eigenvalue weighted by atomic mass is 32.2. The second kappa shape index (κ2) is 6.06. The first-order valence-electron chi connectivity index (χ1n) is 8.41. The molecule has 134 valence electrons. The van der Waals surface area contributed by atoms with Crippen LogP contribution in [0.5, 0.6) is 5.88 Å². The maximum Gasteiger partial charge on any atom is 0.246 e. The number of nitrogens with one attached hydrogen (secondary N) is 1. The molecule has 4 rings (SSSR count). The van der Waals surface area contributed by atoms with E-state index in [1.165, 1.54) is 0 Å².